The third-order valence-corrected chi connectivity index (χ3v) is 4.06. The van der Waals surface area contributed by atoms with Gasteiger partial charge in [-0.1, -0.05) is 29.3 Å². The van der Waals surface area contributed by atoms with E-state index in [1.807, 2.05) is 5.10 Å². The summed E-state index contributed by atoms with van der Waals surface area (Å²) >= 11 is 12.0. The number of hydrogen-bond acceptors (Lipinski definition) is 4. The van der Waals surface area contributed by atoms with Gasteiger partial charge in [-0.25, -0.2) is 0 Å². The van der Waals surface area contributed by atoms with Crippen molar-refractivity contribution in [1.29, 1.82) is 5.26 Å². The van der Waals surface area contributed by atoms with Crippen LogP contribution in [0.4, 0.5) is 13.2 Å². The summed E-state index contributed by atoms with van der Waals surface area (Å²) in [5.41, 5.74) is 4.22. The summed E-state index contributed by atoms with van der Waals surface area (Å²) in [6.45, 7) is 0. The van der Waals surface area contributed by atoms with E-state index in [2.05, 4.69) is 5.10 Å². The van der Waals surface area contributed by atoms with E-state index in [1.54, 1.807) is 6.07 Å². The number of ether oxygens (including phenoxy) is 1. The summed E-state index contributed by atoms with van der Waals surface area (Å²) in [7, 11) is 0. The number of H-pyrrole nitrogens is 1. The smallest absolute Gasteiger partial charge is 0.420 e. The van der Waals surface area contributed by atoms with Crippen molar-refractivity contribution in [3.8, 4) is 11.9 Å². The largest absolute Gasteiger partial charge is 0.433 e. The van der Waals surface area contributed by atoms with Crippen LogP contribution in [0.2, 0.25) is 10.0 Å². The van der Waals surface area contributed by atoms with Gasteiger partial charge in [0.25, 0.3) is 0 Å². The maximum atomic E-state index is 13.3. The molecule has 2 heterocycles. The number of hydrogen-bond donors (Lipinski definition) is 2. The van der Waals surface area contributed by atoms with Gasteiger partial charge in [-0.2, -0.15) is 18.4 Å². The van der Waals surface area contributed by atoms with Gasteiger partial charge in [0, 0.05) is 10.0 Å². The van der Waals surface area contributed by atoms with E-state index < -0.39 is 17.8 Å². The minimum Gasteiger partial charge on any atom is -0.420 e. The van der Waals surface area contributed by atoms with Crippen LogP contribution in [0, 0.1) is 11.3 Å². The predicted molar refractivity (Wildman–Crippen MR) is 79.3 cm³/mol. The molecule has 0 spiro atoms. The third-order valence-electron chi connectivity index (χ3n) is 3.50. The van der Waals surface area contributed by atoms with Gasteiger partial charge in [-0.05, 0) is 17.7 Å². The molecule has 1 atom stereocenters. The number of nitrogens with zero attached hydrogens (tertiary/aromatic N) is 2. The topological polar surface area (TPSA) is 87.7 Å². The molecule has 0 bridgehead atoms. The fourth-order valence-electron chi connectivity index (χ4n) is 2.51. The van der Waals surface area contributed by atoms with Crippen molar-refractivity contribution in [1.82, 2.24) is 10.2 Å². The Labute approximate surface area is 143 Å². The molecule has 1 aliphatic rings. The number of aromatic amines is 1. The molecule has 10 heteroatoms. The van der Waals surface area contributed by atoms with Crippen molar-refractivity contribution in [2.24, 2.45) is 5.73 Å². The lowest BCUT2D eigenvalue weighted by Crippen LogP contribution is -2.23. The Morgan fingerprint density at radius 2 is 2.04 bits per heavy atom. The van der Waals surface area contributed by atoms with Crippen molar-refractivity contribution < 1.29 is 17.9 Å². The summed E-state index contributed by atoms with van der Waals surface area (Å²) in [4.78, 5) is 0. The Morgan fingerprint density at radius 3 is 2.62 bits per heavy atom. The average molecular weight is 375 g/mol. The van der Waals surface area contributed by atoms with E-state index in [1.165, 1.54) is 18.2 Å². The molecular formula is C14H7Cl2F3N4O. The number of nitrogens with one attached hydrogen (secondary N) is 1. The molecule has 0 radical (unpaired) electrons. The first-order valence-corrected chi connectivity index (χ1v) is 7.17. The van der Waals surface area contributed by atoms with Crippen LogP contribution < -0.4 is 10.5 Å². The fourth-order valence-corrected chi connectivity index (χ4v) is 3.03. The molecule has 1 aromatic carbocycles. The zero-order chi connectivity index (χ0) is 17.6. The minimum atomic E-state index is -4.73. The van der Waals surface area contributed by atoms with Crippen molar-refractivity contribution in [3.63, 3.8) is 0 Å². The first-order chi connectivity index (χ1) is 11.2. The van der Waals surface area contributed by atoms with E-state index in [9.17, 15) is 18.4 Å². The number of rotatable bonds is 1. The van der Waals surface area contributed by atoms with Crippen molar-refractivity contribution in [3.05, 3.63) is 56.5 Å². The fraction of sp³-hybridized carbons (Fsp3) is 0.143. The highest BCUT2D eigenvalue weighted by Gasteiger charge is 2.44. The maximum Gasteiger partial charge on any atom is 0.433 e. The Balaban J connectivity index is 2.31. The summed E-state index contributed by atoms with van der Waals surface area (Å²) in [6.07, 6.45) is -4.73. The van der Waals surface area contributed by atoms with Crippen LogP contribution in [0.3, 0.4) is 0 Å². The molecule has 0 aliphatic carbocycles. The molecular weight excluding hydrogens is 368 g/mol. The number of allylic oxidation sites excluding steroid dienone is 1. The van der Waals surface area contributed by atoms with Gasteiger partial charge in [0.05, 0.1) is 11.5 Å². The molecule has 1 aliphatic heterocycles. The molecule has 24 heavy (non-hydrogen) atoms. The maximum absolute atomic E-state index is 13.3. The minimum absolute atomic E-state index is 0.0928. The van der Waals surface area contributed by atoms with E-state index in [0.29, 0.717) is 5.02 Å². The quantitative estimate of drug-likeness (QED) is 0.790. The number of benzene rings is 1. The van der Waals surface area contributed by atoms with Gasteiger partial charge in [0.15, 0.2) is 0 Å². The molecule has 0 amide bonds. The molecule has 5 nitrogen and oxygen atoms in total. The monoisotopic (exact) mass is 374 g/mol. The lowest BCUT2D eigenvalue weighted by molar-refractivity contribution is -0.141. The van der Waals surface area contributed by atoms with E-state index in [-0.39, 0.29) is 33.5 Å². The van der Waals surface area contributed by atoms with Gasteiger partial charge >= 0.3 is 6.18 Å². The second-order valence-electron chi connectivity index (χ2n) is 4.91. The normalized spacial score (nSPS) is 17.2. The highest BCUT2D eigenvalue weighted by atomic mass is 35.5. The Hall–Kier alpha value is -2.37. The lowest BCUT2D eigenvalue weighted by atomic mass is 9.84. The highest BCUT2D eigenvalue weighted by Crippen LogP contribution is 2.48. The molecule has 124 valence electrons. The molecule has 3 rings (SSSR count). The third kappa shape index (κ3) is 2.56. The van der Waals surface area contributed by atoms with Crippen LogP contribution in [0.25, 0.3) is 0 Å². The first kappa shape index (κ1) is 16.5. The number of nitriles is 1. The number of aromatic nitrogens is 2. The zero-order valence-corrected chi connectivity index (χ0v) is 13.1. The number of halogens is 5. The van der Waals surface area contributed by atoms with E-state index in [0.717, 1.165) is 0 Å². The van der Waals surface area contributed by atoms with Gasteiger partial charge in [-0.3, -0.25) is 5.10 Å². The Kier molecular flexibility index (Phi) is 3.86. The van der Waals surface area contributed by atoms with Crippen LogP contribution in [0.1, 0.15) is 22.7 Å². The molecule has 0 saturated carbocycles. The second kappa shape index (κ2) is 5.61. The highest BCUT2D eigenvalue weighted by molar-refractivity contribution is 6.35. The van der Waals surface area contributed by atoms with Crippen LogP contribution in [-0.2, 0) is 6.18 Å². The molecule has 2 aromatic rings. The molecule has 3 N–H and O–H groups in total. The molecule has 0 fully saturated rings. The summed E-state index contributed by atoms with van der Waals surface area (Å²) in [5.74, 6) is -1.87. The molecule has 0 saturated heterocycles. The molecule has 1 unspecified atom stereocenters. The summed E-state index contributed by atoms with van der Waals surface area (Å²) < 4.78 is 44.9. The standard InChI is InChI=1S/C14H7Cl2F3N4O/c15-5-1-2-6(8(16)3-5)9-7(4-20)12(21)24-13-10(9)11(22-23-13)14(17,18)19/h1-3,9H,21H2,(H,22,23). The number of nitrogens with two attached hydrogens (primary N) is 1. The summed E-state index contributed by atoms with van der Waals surface area (Å²) in [5, 5.41) is 15.1. The first-order valence-electron chi connectivity index (χ1n) is 6.42. The zero-order valence-electron chi connectivity index (χ0n) is 11.6. The average Bonchev–Trinajstić information content (AvgIpc) is 2.89. The van der Waals surface area contributed by atoms with Gasteiger partial charge in [0.2, 0.25) is 11.8 Å². The van der Waals surface area contributed by atoms with Gasteiger partial charge in [-0.15, -0.1) is 5.10 Å². The Morgan fingerprint density at radius 1 is 1.33 bits per heavy atom. The van der Waals surface area contributed by atoms with Crippen LogP contribution in [0.15, 0.2) is 29.7 Å². The predicted octanol–water partition coefficient (Wildman–Crippen LogP) is 3.95. The number of alkyl halides is 3. The lowest BCUT2D eigenvalue weighted by Gasteiger charge is -2.25. The SMILES string of the molecule is N#CC1=C(N)Oc2n[nH]c(C(F)(F)F)c2C1c1ccc(Cl)cc1Cl. The van der Waals surface area contributed by atoms with Gasteiger partial charge in [0.1, 0.15) is 17.3 Å². The molecule has 1 aromatic heterocycles. The van der Waals surface area contributed by atoms with Crippen molar-refractivity contribution in [2.45, 2.75) is 12.1 Å². The van der Waals surface area contributed by atoms with E-state index >= 15 is 0 Å². The van der Waals surface area contributed by atoms with Crippen LogP contribution >= 0.6 is 23.2 Å². The second-order valence-corrected chi connectivity index (χ2v) is 5.75. The Bertz CT molecular complexity index is 898. The van der Waals surface area contributed by atoms with Crippen molar-refractivity contribution >= 4 is 23.2 Å². The summed E-state index contributed by atoms with van der Waals surface area (Å²) in [6, 6.07) is 6.04. The van der Waals surface area contributed by atoms with Crippen molar-refractivity contribution in [2.75, 3.05) is 0 Å². The number of fused-ring (bicyclic) bond motifs is 1. The van der Waals surface area contributed by atoms with Gasteiger partial charge < -0.3 is 10.5 Å². The van der Waals surface area contributed by atoms with E-state index in [4.69, 9.17) is 33.7 Å². The van der Waals surface area contributed by atoms with Crippen LogP contribution in [-0.4, -0.2) is 10.2 Å². The van der Waals surface area contributed by atoms with Crippen LogP contribution in [0.5, 0.6) is 5.88 Å².